The van der Waals surface area contributed by atoms with Gasteiger partial charge in [-0.3, -0.25) is 9.78 Å². The normalized spacial score (nSPS) is 18.9. The Kier molecular flexibility index (Phi) is 9.25. The highest BCUT2D eigenvalue weighted by atomic mass is 32.2. The molecule has 1 aliphatic rings. The van der Waals surface area contributed by atoms with Crippen molar-refractivity contribution in [2.45, 2.75) is 42.7 Å². The number of aliphatic carboxylic acids is 1. The lowest BCUT2D eigenvalue weighted by molar-refractivity contribution is -0.137. The molecule has 4 rings (SSSR count). The SMILES string of the molecule is COc1ccc2nccc(CCC[C@@H]3CCN(CCSc4cccs4)C[C@@H]3CCC(=O)O)c2c1. The number of aryl methyl sites for hydroxylation is 1. The quantitative estimate of drug-likeness (QED) is 0.299. The molecule has 0 bridgehead atoms. The average Bonchev–Trinajstić information content (AvgIpc) is 3.37. The first kappa shape index (κ1) is 25.0. The second-order valence-electron chi connectivity index (χ2n) is 9.07. The van der Waals surface area contributed by atoms with Crippen molar-refractivity contribution in [1.29, 1.82) is 0 Å². The highest BCUT2D eigenvalue weighted by Crippen LogP contribution is 2.33. The minimum atomic E-state index is -0.679. The Bertz CT molecular complexity index is 1060. The van der Waals surface area contributed by atoms with Crippen molar-refractivity contribution < 1.29 is 14.6 Å². The molecule has 2 atom stereocenters. The van der Waals surface area contributed by atoms with Gasteiger partial charge in [-0.05, 0) is 91.8 Å². The van der Waals surface area contributed by atoms with Crippen molar-refractivity contribution in [3.05, 3.63) is 53.5 Å². The third-order valence-corrected chi connectivity index (χ3v) is 9.02. The average molecular weight is 499 g/mol. The summed E-state index contributed by atoms with van der Waals surface area (Å²) >= 11 is 3.72. The number of carboxylic acid groups (broad SMARTS) is 1. The van der Waals surface area contributed by atoms with Gasteiger partial charge in [-0.25, -0.2) is 0 Å². The van der Waals surface area contributed by atoms with Crippen LogP contribution in [0.1, 0.15) is 37.7 Å². The number of hydrogen-bond donors (Lipinski definition) is 1. The van der Waals surface area contributed by atoms with E-state index in [9.17, 15) is 9.90 Å². The third-order valence-electron chi connectivity index (χ3n) is 6.91. The maximum absolute atomic E-state index is 11.3. The summed E-state index contributed by atoms with van der Waals surface area (Å²) in [6.45, 7) is 3.22. The van der Waals surface area contributed by atoms with E-state index in [-0.39, 0.29) is 6.42 Å². The molecule has 3 heterocycles. The summed E-state index contributed by atoms with van der Waals surface area (Å²) in [6.07, 6.45) is 7.38. The summed E-state index contributed by atoms with van der Waals surface area (Å²) < 4.78 is 6.79. The Labute approximate surface area is 210 Å². The Balaban J connectivity index is 1.32. The Morgan fingerprint density at radius 3 is 2.97 bits per heavy atom. The highest BCUT2D eigenvalue weighted by Gasteiger charge is 2.29. The number of thioether (sulfide) groups is 1. The molecule has 5 nitrogen and oxygen atoms in total. The van der Waals surface area contributed by atoms with Crippen molar-refractivity contribution in [1.82, 2.24) is 9.88 Å². The van der Waals surface area contributed by atoms with E-state index in [1.807, 2.05) is 30.1 Å². The zero-order valence-corrected chi connectivity index (χ0v) is 21.5. The lowest BCUT2D eigenvalue weighted by atomic mass is 9.79. The number of rotatable bonds is 12. The topological polar surface area (TPSA) is 62.7 Å². The number of aromatic nitrogens is 1. The van der Waals surface area contributed by atoms with Gasteiger partial charge in [0, 0.05) is 36.8 Å². The summed E-state index contributed by atoms with van der Waals surface area (Å²) in [7, 11) is 1.70. The van der Waals surface area contributed by atoms with Gasteiger partial charge in [0.15, 0.2) is 0 Å². The number of nitrogens with zero attached hydrogens (tertiary/aromatic N) is 2. The summed E-state index contributed by atoms with van der Waals surface area (Å²) in [5.74, 6) is 2.34. The summed E-state index contributed by atoms with van der Waals surface area (Å²) in [5.41, 5.74) is 2.32. The van der Waals surface area contributed by atoms with Crippen LogP contribution in [-0.4, -0.2) is 53.5 Å². The molecule has 1 aliphatic heterocycles. The largest absolute Gasteiger partial charge is 0.497 e. The zero-order chi connectivity index (χ0) is 23.8. The number of thiophene rings is 1. The van der Waals surface area contributed by atoms with Gasteiger partial charge in [-0.1, -0.05) is 6.07 Å². The number of carbonyl (C=O) groups is 1. The van der Waals surface area contributed by atoms with Crippen LogP contribution in [0.5, 0.6) is 5.75 Å². The molecule has 34 heavy (non-hydrogen) atoms. The molecule has 3 aromatic rings. The maximum Gasteiger partial charge on any atom is 0.303 e. The number of pyridine rings is 1. The lowest BCUT2D eigenvalue weighted by Crippen LogP contribution is -2.41. The Hall–Kier alpha value is -2.09. The molecular weight excluding hydrogens is 464 g/mol. The number of fused-ring (bicyclic) bond motifs is 1. The molecule has 182 valence electrons. The summed E-state index contributed by atoms with van der Waals surface area (Å²) in [5, 5.41) is 12.6. The van der Waals surface area contributed by atoms with Crippen LogP contribution < -0.4 is 4.74 Å². The van der Waals surface area contributed by atoms with Gasteiger partial charge < -0.3 is 14.7 Å². The minimum Gasteiger partial charge on any atom is -0.497 e. The first-order valence-electron chi connectivity index (χ1n) is 12.1. The number of piperidine rings is 1. The molecule has 1 fully saturated rings. The van der Waals surface area contributed by atoms with Crippen molar-refractivity contribution in [2.75, 3.05) is 32.5 Å². The lowest BCUT2D eigenvalue weighted by Gasteiger charge is -2.39. The first-order chi connectivity index (χ1) is 16.6. The fraction of sp³-hybridized carbons (Fsp3) is 0.481. The molecule has 7 heteroatoms. The second kappa shape index (κ2) is 12.6. The fourth-order valence-electron chi connectivity index (χ4n) is 5.08. The van der Waals surface area contributed by atoms with Gasteiger partial charge in [-0.15, -0.1) is 23.1 Å². The molecule has 0 amide bonds. The number of methoxy groups -OCH3 is 1. The monoisotopic (exact) mass is 498 g/mol. The number of benzene rings is 1. The van der Waals surface area contributed by atoms with Crippen LogP contribution in [0, 0.1) is 11.8 Å². The van der Waals surface area contributed by atoms with Gasteiger partial charge in [0.1, 0.15) is 5.75 Å². The van der Waals surface area contributed by atoms with Crippen LogP contribution in [0.15, 0.2) is 52.2 Å². The van der Waals surface area contributed by atoms with Gasteiger partial charge >= 0.3 is 5.97 Å². The summed E-state index contributed by atoms with van der Waals surface area (Å²) in [4.78, 5) is 18.3. The highest BCUT2D eigenvalue weighted by molar-refractivity contribution is 8.01. The van der Waals surface area contributed by atoms with Crippen LogP contribution in [0.4, 0.5) is 0 Å². The van der Waals surface area contributed by atoms with E-state index in [1.165, 1.54) is 21.6 Å². The molecule has 1 aromatic carbocycles. The molecule has 0 radical (unpaired) electrons. The predicted octanol–water partition coefficient (Wildman–Crippen LogP) is 6.22. The fourth-order valence-corrected chi connectivity index (χ4v) is 6.94. The van der Waals surface area contributed by atoms with Gasteiger partial charge in [0.25, 0.3) is 0 Å². The van der Waals surface area contributed by atoms with Crippen molar-refractivity contribution in [3.8, 4) is 5.75 Å². The Morgan fingerprint density at radius 2 is 2.18 bits per heavy atom. The standard InChI is InChI=1S/C27H34N2O3S2/c1-32-23-8-9-25-24(18-23)21(11-13-28-25)5-2-4-20-12-14-29(19-22(20)7-10-26(30)31)15-17-34-27-6-3-16-33-27/h3,6,8-9,11,13,16,18,20,22H,2,4-5,7,10,12,14-15,17,19H2,1H3,(H,30,31)/t20-,22+/m1/s1. The van der Waals surface area contributed by atoms with Crippen LogP contribution in [0.25, 0.3) is 10.9 Å². The molecular formula is C27H34N2O3S2. The van der Waals surface area contributed by atoms with Gasteiger partial charge in [0.2, 0.25) is 0 Å². The zero-order valence-electron chi connectivity index (χ0n) is 19.8. The predicted molar refractivity (Wildman–Crippen MR) is 141 cm³/mol. The molecule has 1 saturated heterocycles. The molecule has 0 spiro atoms. The van der Waals surface area contributed by atoms with Gasteiger partial charge in [0.05, 0.1) is 16.8 Å². The number of carboxylic acids is 1. The smallest absolute Gasteiger partial charge is 0.303 e. The molecule has 0 unspecified atom stereocenters. The number of likely N-dealkylation sites (tertiary alicyclic amines) is 1. The summed E-state index contributed by atoms with van der Waals surface area (Å²) in [6, 6.07) is 12.5. The second-order valence-corrected chi connectivity index (χ2v) is 11.4. The minimum absolute atomic E-state index is 0.272. The van der Waals surface area contributed by atoms with Crippen molar-refractivity contribution in [2.24, 2.45) is 11.8 Å². The van der Waals surface area contributed by atoms with Crippen LogP contribution in [0.2, 0.25) is 0 Å². The number of hydrogen-bond acceptors (Lipinski definition) is 6. The third kappa shape index (κ3) is 6.96. The Morgan fingerprint density at radius 1 is 1.26 bits per heavy atom. The van der Waals surface area contributed by atoms with E-state index in [1.54, 1.807) is 18.4 Å². The van der Waals surface area contributed by atoms with E-state index >= 15 is 0 Å². The van der Waals surface area contributed by atoms with E-state index in [4.69, 9.17) is 4.74 Å². The molecule has 0 aliphatic carbocycles. The van der Waals surface area contributed by atoms with E-state index < -0.39 is 5.97 Å². The maximum atomic E-state index is 11.3. The molecule has 1 N–H and O–H groups in total. The molecule has 2 aromatic heterocycles. The van der Waals surface area contributed by atoms with Crippen LogP contribution >= 0.6 is 23.1 Å². The van der Waals surface area contributed by atoms with Crippen molar-refractivity contribution >= 4 is 40.0 Å². The van der Waals surface area contributed by atoms with E-state index in [2.05, 4.69) is 39.5 Å². The van der Waals surface area contributed by atoms with Gasteiger partial charge in [-0.2, -0.15) is 0 Å². The van der Waals surface area contributed by atoms with Crippen molar-refractivity contribution in [3.63, 3.8) is 0 Å². The van der Waals surface area contributed by atoms with Crippen LogP contribution in [0.3, 0.4) is 0 Å². The van der Waals surface area contributed by atoms with Crippen LogP contribution in [-0.2, 0) is 11.2 Å². The molecule has 0 saturated carbocycles. The van der Waals surface area contributed by atoms with E-state index in [0.29, 0.717) is 11.8 Å². The first-order valence-corrected chi connectivity index (χ1v) is 14.0. The van der Waals surface area contributed by atoms with E-state index in [0.717, 1.165) is 62.3 Å². The number of ether oxygens (including phenoxy) is 1.